The number of aromatic nitrogens is 8. The Kier molecular flexibility index (Phi) is 15.6. The van der Waals surface area contributed by atoms with Gasteiger partial charge < -0.3 is 39.8 Å². The summed E-state index contributed by atoms with van der Waals surface area (Å²) in [5, 5.41) is 5.15. The molecule has 0 aromatic carbocycles. The van der Waals surface area contributed by atoms with Gasteiger partial charge in [0.25, 0.3) is 11.8 Å². The van der Waals surface area contributed by atoms with Crippen molar-refractivity contribution in [2.24, 2.45) is 0 Å². The Morgan fingerprint density at radius 1 is 0.573 bits per heavy atom. The monoisotopic (exact) mass is 1040 g/mol. The van der Waals surface area contributed by atoms with E-state index in [1.807, 2.05) is 40.1 Å². The number of halogens is 1. The van der Waals surface area contributed by atoms with Crippen LogP contribution in [0.25, 0.3) is 22.1 Å². The molecule has 12 rings (SSSR count). The molecule has 75 heavy (non-hydrogen) atoms. The van der Waals surface area contributed by atoms with Crippen LogP contribution in [-0.4, -0.2) is 162 Å². The SMILES string of the molecule is CN(C)C(=O)c1cc2cnc(Cl)nc2n1C1CCCC1.CN(C)C(=O)c1cc2cnc(Nc3ccc(N4CCN5CCCCC5C4=O)cn3)nc2n1C1CCCC1.Nc1ccc(N2CCN3CCCCC3C2=O)cn1. The highest BCUT2D eigenvalue weighted by atomic mass is 35.5. The molecule has 20 nitrogen and oxygen atoms in total. The van der Waals surface area contributed by atoms with Gasteiger partial charge in [-0.3, -0.25) is 29.0 Å². The third kappa shape index (κ3) is 11.0. The van der Waals surface area contributed by atoms with E-state index < -0.39 is 0 Å². The molecule has 2 unspecified atom stereocenters. The number of amides is 4. The Morgan fingerprint density at radius 3 is 1.53 bits per heavy atom. The van der Waals surface area contributed by atoms with Gasteiger partial charge in [0, 0.05) is 89.6 Å². The minimum absolute atomic E-state index is 0.000747. The minimum Gasteiger partial charge on any atom is -0.384 e. The molecule has 21 heteroatoms. The van der Waals surface area contributed by atoms with Crippen LogP contribution in [0, 0.1) is 0 Å². The number of nitrogen functional groups attached to an aromatic ring is 1. The molecule has 6 fully saturated rings. The van der Waals surface area contributed by atoms with Crippen LogP contribution in [0.4, 0.5) is 29.0 Å². The molecule has 396 valence electrons. The van der Waals surface area contributed by atoms with Gasteiger partial charge in [-0.1, -0.05) is 38.5 Å². The van der Waals surface area contributed by atoms with Crippen LogP contribution in [-0.2, 0) is 9.59 Å². The molecule has 4 saturated heterocycles. The summed E-state index contributed by atoms with van der Waals surface area (Å²) in [5.41, 5.74) is 10.1. The molecule has 6 aromatic heterocycles. The van der Waals surface area contributed by atoms with Gasteiger partial charge >= 0.3 is 0 Å². The Hall–Kier alpha value is -6.77. The molecule has 0 bridgehead atoms. The van der Waals surface area contributed by atoms with E-state index in [1.54, 1.807) is 68.8 Å². The van der Waals surface area contributed by atoms with Crippen LogP contribution < -0.4 is 20.9 Å². The average Bonchev–Trinajstić information content (AvgIpc) is 4.27. The Morgan fingerprint density at radius 2 is 1.05 bits per heavy atom. The third-order valence-corrected chi connectivity index (χ3v) is 15.9. The van der Waals surface area contributed by atoms with Crippen molar-refractivity contribution in [1.82, 2.24) is 58.6 Å². The number of nitrogens with one attached hydrogen (secondary N) is 1. The molecule has 2 saturated carbocycles. The number of pyridine rings is 2. The molecule has 2 aliphatic carbocycles. The van der Waals surface area contributed by atoms with Crippen LogP contribution >= 0.6 is 11.6 Å². The zero-order valence-electron chi connectivity index (χ0n) is 43.6. The summed E-state index contributed by atoms with van der Waals surface area (Å²) in [6.45, 7) is 5.38. The summed E-state index contributed by atoms with van der Waals surface area (Å²) in [4.78, 5) is 88.7. The fraction of sp³-hybridized carbons (Fsp3) is 0.519. The van der Waals surface area contributed by atoms with Gasteiger partial charge in [-0.15, -0.1) is 0 Å². The smallest absolute Gasteiger partial charge is 0.270 e. The number of piperidine rings is 2. The molecule has 0 radical (unpaired) electrons. The van der Waals surface area contributed by atoms with E-state index in [2.05, 4.69) is 49.2 Å². The summed E-state index contributed by atoms with van der Waals surface area (Å²) in [6, 6.07) is 11.8. The second-order valence-corrected chi connectivity index (χ2v) is 21.3. The van der Waals surface area contributed by atoms with Crippen molar-refractivity contribution in [2.45, 2.75) is 114 Å². The van der Waals surface area contributed by atoms with Gasteiger partial charge in [0.2, 0.25) is 23.0 Å². The van der Waals surface area contributed by atoms with Gasteiger partial charge in [-0.25, -0.2) is 19.9 Å². The second kappa shape index (κ2) is 22.6. The predicted octanol–water partition coefficient (Wildman–Crippen LogP) is 7.35. The van der Waals surface area contributed by atoms with E-state index in [0.29, 0.717) is 41.6 Å². The zero-order chi connectivity index (χ0) is 52.3. The van der Waals surface area contributed by atoms with Crippen LogP contribution in [0.15, 0.2) is 61.2 Å². The number of fused-ring (bicyclic) bond motifs is 4. The van der Waals surface area contributed by atoms with Gasteiger partial charge in [0.05, 0.1) is 35.9 Å². The Balaban J connectivity index is 0.000000142. The number of carbonyl (C=O) groups excluding carboxylic acids is 4. The van der Waals surface area contributed by atoms with E-state index in [4.69, 9.17) is 22.3 Å². The van der Waals surface area contributed by atoms with Gasteiger partial charge in [-0.05, 0) is 112 Å². The van der Waals surface area contributed by atoms with Crippen LogP contribution in [0.2, 0.25) is 5.28 Å². The number of carbonyl (C=O) groups is 4. The summed E-state index contributed by atoms with van der Waals surface area (Å²) in [5.74, 6) is 1.88. The number of nitrogens with zero attached hydrogens (tertiary/aromatic N) is 14. The van der Waals surface area contributed by atoms with Crippen molar-refractivity contribution in [1.29, 1.82) is 0 Å². The summed E-state index contributed by atoms with van der Waals surface area (Å²) in [7, 11) is 7.07. The minimum atomic E-state index is -0.0275. The lowest BCUT2D eigenvalue weighted by molar-refractivity contribution is -0.127. The van der Waals surface area contributed by atoms with Crippen molar-refractivity contribution in [3.63, 3.8) is 0 Å². The molecule has 6 aliphatic rings. The number of nitrogens with two attached hydrogens (primary N) is 1. The lowest BCUT2D eigenvalue weighted by Crippen LogP contribution is -2.58. The van der Waals surface area contributed by atoms with E-state index >= 15 is 0 Å². The van der Waals surface area contributed by atoms with Crippen molar-refractivity contribution >= 4 is 86.3 Å². The summed E-state index contributed by atoms with van der Waals surface area (Å²) >= 11 is 5.92. The van der Waals surface area contributed by atoms with Gasteiger partial charge in [-0.2, -0.15) is 9.97 Å². The molecule has 10 heterocycles. The first-order valence-electron chi connectivity index (χ1n) is 26.7. The van der Waals surface area contributed by atoms with E-state index in [1.165, 1.54) is 25.7 Å². The molecule has 4 amide bonds. The van der Waals surface area contributed by atoms with E-state index in [9.17, 15) is 19.2 Å². The van der Waals surface area contributed by atoms with E-state index in [-0.39, 0.29) is 47.0 Å². The highest BCUT2D eigenvalue weighted by molar-refractivity contribution is 6.28. The standard InChI is InChI=1S/C27H34N8O2.C14H17ClN4O.C13H18N4O/c1-32(2)25(36)22-15-18-16-29-27(31-24(18)35(22)19-7-3-4-8-19)30-23-11-10-20(17-28-23)34-14-13-33-12-6-5-9-21(33)26(34)37;1-18(2)13(20)11-7-9-8-16-14(15)17-12(9)19(11)10-5-3-4-6-10;14-12-5-4-10(9-15-12)17-8-7-16-6-2-1-3-11(16)13(17)18/h10-11,15-17,19,21H,3-9,12-14H2,1-2H3,(H,28,29,30,31);7-8,10H,3-6H2,1-2H3;4-5,9,11H,1-3,6-8H2,(H2,14,15). The molecular weight excluding hydrogens is 972 g/mol. The lowest BCUT2D eigenvalue weighted by atomic mass is 9.98. The predicted molar refractivity (Wildman–Crippen MR) is 290 cm³/mol. The first kappa shape index (κ1) is 51.7. The lowest BCUT2D eigenvalue weighted by Gasteiger charge is -2.42. The zero-order valence-corrected chi connectivity index (χ0v) is 44.3. The van der Waals surface area contributed by atoms with Gasteiger partial charge in [0.15, 0.2) is 0 Å². The fourth-order valence-corrected chi connectivity index (χ4v) is 12.0. The maximum absolute atomic E-state index is 13.1. The van der Waals surface area contributed by atoms with Crippen molar-refractivity contribution in [3.05, 3.63) is 77.9 Å². The van der Waals surface area contributed by atoms with Gasteiger partial charge in [0.1, 0.15) is 34.3 Å². The van der Waals surface area contributed by atoms with Crippen molar-refractivity contribution in [2.75, 3.05) is 88.3 Å². The molecule has 2 atom stereocenters. The number of rotatable bonds is 8. The topological polar surface area (TPSA) is 213 Å². The van der Waals surface area contributed by atoms with Crippen molar-refractivity contribution < 1.29 is 19.2 Å². The fourth-order valence-electron chi connectivity index (χ4n) is 11.8. The molecular formula is C54H69ClN16O4. The quantitative estimate of drug-likeness (QED) is 0.143. The highest BCUT2D eigenvalue weighted by Gasteiger charge is 2.38. The van der Waals surface area contributed by atoms with Crippen molar-refractivity contribution in [3.8, 4) is 0 Å². The largest absolute Gasteiger partial charge is 0.384 e. The first-order valence-corrected chi connectivity index (χ1v) is 27.1. The normalized spacial score (nSPS) is 20.5. The number of piperazine rings is 2. The molecule has 0 spiro atoms. The first-order chi connectivity index (χ1) is 36.3. The summed E-state index contributed by atoms with van der Waals surface area (Å²) in [6.07, 6.45) is 22.4. The molecule has 3 N–H and O–H groups in total. The average molecular weight is 1040 g/mol. The molecule has 4 aliphatic heterocycles. The van der Waals surface area contributed by atoms with Crippen LogP contribution in [0.3, 0.4) is 0 Å². The summed E-state index contributed by atoms with van der Waals surface area (Å²) < 4.78 is 4.16. The van der Waals surface area contributed by atoms with E-state index in [0.717, 1.165) is 130 Å². The second-order valence-electron chi connectivity index (χ2n) is 21.0. The number of anilines is 5. The third-order valence-electron chi connectivity index (χ3n) is 15.7. The number of hydrogen-bond acceptors (Lipinski definition) is 14. The van der Waals surface area contributed by atoms with Crippen LogP contribution in [0.1, 0.15) is 123 Å². The molecule has 6 aromatic rings. The Bertz CT molecular complexity index is 3020. The maximum atomic E-state index is 13.1. The Labute approximate surface area is 442 Å². The van der Waals surface area contributed by atoms with Crippen LogP contribution in [0.5, 0.6) is 0 Å². The highest BCUT2D eigenvalue weighted by Crippen LogP contribution is 2.37. The maximum Gasteiger partial charge on any atom is 0.270 e. The number of hydrogen-bond donors (Lipinski definition) is 2.